The fourth-order valence-corrected chi connectivity index (χ4v) is 13.7. The summed E-state index contributed by atoms with van der Waals surface area (Å²) in [5.41, 5.74) is -0.160. The van der Waals surface area contributed by atoms with Crippen LogP contribution in [0, 0.1) is 40.4 Å². The number of aliphatic hydroxyl groups is 9. The minimum Gasteiger partial charge on any atom is -0.394 e. The Morgan fingerprint density at radius 3 is 2.20 bits per heavy atom. The lowest BCUT2D eigenvalue weighted by molar-refractivity contribution is -0.385. The van der Waals surface area contributed by atoms with Crippen molar-refractivity contribution in [2.75, 3.05) is 19.8 Å². The first-order valence-corrected chi connectivity index (χ1v) is 22.9. The Hall–Kier alpha value is -0.940. The molecule has 5 aliphatic heterocycles. The van der Waals surface area contributed by atoms with Crippen molar-refractivity contribution in [2.45, 2.75) is 202 Å². The molecule has 5 heterocycles. The minimum atomic E-state index is -1.73. The second kappa shape index (κ2) is 16.4. The van der Waals surface area contributed by atoms with Gasteiger partial charge in [0.05, 0.1) is 43.7 Å². The van der Waals surface area contributed by atoms with Crippen LogP contribution in [0.2, 0.25) is 0 Å². The van der Waals surface area contributed by atoms with Gasteiger partial charge in [0.25, 0.3) is 0 Å². The zero-order valence-electron chi connectivity index (χ0n) is 36.0. The van der Waals surface area contributed by atoms with Crippen molar-refractivity contribution in [3.05, 3.63) is 11.6 Å². The van der Waals surface area contributed by atoms with Gasteiger partial charge in [-0.25, -0.2) is 0 Å². The van der Waals surface area contributed by atoms with Crippen molar-refractivity contribution in [2.24, 2.45) is 40.4 Å². The molecule has 61 heavy (non-hydrogen) atoms. The molecule has 348 valence electrons. The van der Waals surface area contributed by atoms with E-state index >= 15 is 0 Å². The van der Waals surface area contributed by atoms with Gasteiger partial charge in [-0.1, -0.05) is 39.3 Å². The molecule has 9 aliphatic rings. The monoisotopic (exact) mass is 870 g/mol. The van der Waals surface area contributed by atoms with E-state index < -0.39 is 110 Å². The van der Waals surface area contributed by atoms with E-state index in [0.29, 0.717) is 31.8 Å². The van der Waals surface area contributed by atoms with E-state index in [9.17, 15) is 46.0 Å². The molecule has 3 saturated carbocycles. The van der Waals surface area contributed by atoms with Gasteiger partial charge in [-0.05, 0) is 75.0 Å². The van der Waals surface area contributed by atoms with Gasteiger partial charge in [0.1, 0.15) is 61.0 Å². The highest BCUT2D eigenvalue weighted by Crippen LogP contribution is 2.72. The largest absolute Gasteiger partial charge is 0.394 e. The van der Waals surface area contributed by atoms with E-state index in [0.717, 1.165) is 38.5 Å². The summed E-state index contributed by atoms with van der Waals surface area (Å²) >= 11 is 0. The second-order valence-corrected chi connectivity index (χ2v) is 20.8. The van der Waals surface area contributed by atoms with E-state index in [2.05, 4.69) is 33.8 Å². The quantitative estimate of drug-likeness (QED) is 0.152. The van der Waals surface area contributed by atoms with E-state index in [-0.39, 0.29) is 47.2 Å². The van der Waals surface area contributed by atoms with Gasteiger partial charge in [-0.15, -0.1) is 0 Å². The van der Waals surface area contributed by atoms with Gasteiger partial charge in [0.2, 0.25) is 0 Å². The van der Waals surface area contributed by atoms with Crippen molar-refractivity contribution in [1.29, 1.82) is 0 Å². The van der Waals surface area contributed by atoms with Crippen LogP contribution in [0.15, 0.2) is 11.6 Å². The first kappa shape index (κ1) is 45.2. The Morgan fingerprint density at radius 2 is 1.48 bits per heavy atom. The van der Waals surface area contributed by atoms with Crippen molar-refractivity contribution in [3.8, 4) is 0 Å². The number of allylic oxidation sites excluding steroid dienone is 1. The lowest BCUT2D eigenvalue weighted by atomic mass is 9.45. The van der Waals surface area contributed by atoms with Crippen LogP contribution in [0.1, 0.15) is 92.4 Å². The molecule has 8 fully saturated rings. The lowest BCUT2D eigenvalue weighted by Gasteiger charge is -2.62. The summed E-state index contributed by atoms with van der Waals surface area (Å²) in [6.45, 7) is 10.3. The molecule has 4 aliphatic carbocycles. The molecule has 0 bridgehead atoms. The molecule has 0 aromatic heterocycles. The van der Waals surface area contributed by atoms with E-state index in [1.54, 1.807) is 0 Å². The molecule has 0 unspecified atom stereocenters. The number of ether oxygens (including phenoxy) is 8. The molecule has 9 N–H and O–H groups in total. The highest BCUT2D eigenvalue weighted by molar-refractivity contribution is 5.29. The Morgan fingerprint density at radius 1 is 0.738 bits per heavy atom. The molecule has 0 radical (unpaired) electrons. The third-order valence-electron chi connectivity index (χ3n) is 17.5. The molecule has 17 nitrogen and oxygen atoms in total. The predicted octanol–water partition coefficient (Wildman–Crippen LogP) is -0.0319. The fourth-order valence-electron chi connectivity index (χ4n) is 13.7. The molecule has 0 aromatic rings. The minimum absolute atomic E-state index is 0.0513. The highest BCUT2D eigenvalue weighted by Gasteiger charge is 2.74. The van der Waals surface area contributed by atoms with Crippen molar-refractivity contribution < 1.29 is 83.9 Å². The molecule has 17 heteroatoms. The van der Waals surface area contributed by atoms with Crippen molar-refractivity contribution >= 4 is 0 Å². The normalized spacial score (nSPS) is 58.4. The van der Waals surface area contributed by atoms with Gasteiger partial charge in [0.15, 0.2) is 24.7 Å². The van der Waals surface area contributed by atoms with E-state index in [1.165, 1.54) is 12.5 Å². The Labute approximate surface area is 357 Å². The van der Waals surface area contributed by atoms with Crippen molar-refractivity contribution in [1.82, 2.24) is 0 Å². The predicted molar refractivity (Wildman–Crippen MR) is 210 cm³/mol. The van der Waals surface area contributed by atoms with Crippen LogP contribution in [0.5, 0.6) is 0 Å². The molecule has 25 atom stereocenters. The topological polar surface area (TPSA) is 256 Å². The highest BCUT2D eigenvalue weighted by atomic mass is 16.8. The molecule has 9 rings (SSSR count). The number of fused-ring (bicyclic) bond motifs is 7. The fraction of sp³-hybridized carbons (Fsp3) is 0.955. The number of hydrogen-bond acceptors (Lipinski definition) is 17. The first-order chi connectivity index (χ1) is 28.9. The molecular formula is C44H70O17. The van der Waals surface area contributed by atoms with E-state index in [4.69, 9.17) is 37.9 Å². The Balaban J connectivity index is 0.925. The SMILES string of the molecule is C[C@@H]1CC[C@]2(OC1)O[C@@H]1C[C@@]3(O)[C@@H]4CC=C5C[C@H](O[C@@H]6O[C@H](CO)[C@@H](O[C@@H]7OC[C@H](O)[C@H](O)[C@@H]7O)[C@H](O)[C@H]6O[C@@H]6O[C@@H](C)[C@H](O)[C@H](O)[C@H]6O)CC[C@]5(C)[C@H]4CC[C@]3(C)[C@@H]1[C@@H]2C. The molecule has 0 amide bonds. The summed E-state index contributed by atoms with van der Waals surface area (Å²) in [7, 11) is 0. The third-order valence-corrected chi connectivity index (χ3v) is 17.5. The average molecular weight is 871 g/mol. The standard InChI is InChI=1S/C44H70O17/c1-19-8-13-44(55-17-19)20(2)29-27(61-44)15-43(53)25-7-6-22-14-23(9-11-41(22,4)24(25)10-12-42(29,43)5)57-40-37(60-39-34(51)32(49)30(47)21(3)56-39)35(52)36(28(16-45)58-40)59-38-33(50)31(48)26(46)18-54-38/h6,19-21,23-40,45-53H,7-18H2,1-5H3/t19-,20+,21+,23-,24+,25-,26+,27-,28-,29-,30+,31+,32+,33+,34-,35+,36-,37-,38+,39+,40-,41+,42-,43-,44+/m1/s1. The van der Waals surface area contributed by atoms with Gasteiger partial charge >= 0.3 is 0 Å². The maximum Gasteiger partial charge on any atom is 0.187 e. The Bertz CT molecular complexity index is 1610. The first-order valence-electron chi connectivity index (χ1n) is 22.9. The number of hydrogen-bond donors (Lipinski definition) is 9. The zero-order chi connectivity index (χ0) is 43.6. The maximum atomic E-state index is 13.0. The van der Waals surface area contributed by atoms with Gasteiger partial charge in [0, 0.05) is 30.1 Å². The van der Waals surface area contributed by atoms with Crippen LogP contribution >= 0.6 is 0 Å². The van der Waals surface area contributed by atoms with Crippen LogP contribution in [0.25, 0.3) is 0 Å². The molecule has 0 aromatic carbocycles. The second-order valence-electron chi connectivity index (χ2n) is 20.8. The van der Waals surface area contributed by atoms with Crippen LogP contribution in [-0.4, -0.2) is 175 Å². The van der Waals surface area contributed by atoms with Crippen LogP contribution in [0.4, 0.5) is 0 Å². The lowest BCUT2D eigenvalue weighted by Crippen LogP contribution is -2.66. The molecule has 5 saturated heterocycles. The average Bonchev–Trinajstić information content (AvgIpc) is 3.63. The zero-order valence-corrected chi connectivity index (χ0v) is 36.0. The Kier molecular flexibility index (Phi) is 12.2. The summed E-state index contributed by atoms with van der Waals surface area (Å²) in [4.78, 5) is 0. The summed E-state index contributed by atoms with van der Waals surface area (Å²) in [5.74, 6) is 0.647. The van der Waals surface area contributed by atoms with Crippen LogP contribution in [0.3, 0.4) is 0 Å². The third kappa shape index (κ3) is 7.14. The molecular weight excluding hydrogens is 800 g/mol. The number of rotatable bonds is 7. The maximum absolute atomic E-state index is 13.0. The van der Waals surface area contributed by atoms with E-state index in [1.807, 2.05) is 0 Å². The summed E-state index contributed by atoms with van der Waals surface area (Å²) < 4.78 is 49.5. The van der Waals surface area contributed by atoms with Crippen LogP contribution < -0.4 is 0 Å². The smallest absolute Gasteiger partial charge is 0.187 e. The van der Waals surface area contributed by atoms with Crippen molar-refractivity contribution in [3.63, 3.8) is 0 Å². The number of aliphatic hydroxyl groups excluding tert-OH is 8. The van der Waals surface area contributed by atoms with Gasteiger partial charge in [-0.2, -0.15) is 0 Å². The summed E-state index contributed by atoms with van der Waals surface area (Å²) in [6.07, 6.45) is -11.8. The van der Waals surface area contributed by atoms with Crippen LogP contribution in [-0.2, 0) is 37.9 Å². The van der Waals surface area contributed by atoms with Gasteiger partial charge in [-0.3, -0.25) is 0 Å². The summed E-state index contributed by atoms with van der Waals surface area (Å²) in [5, 5.41) is 98.1. The molecule has 1 spiro atoms. The summed E-state index contributed by atoms with van der Waals surface area (Å²) in [6, 6.07) is 0. The van der Waals surface area contributed by atoms with Gasteiger partial charge < -0.3 is 83.9 Å².